The molecule has 1 fully saturated rings. The Bertz CT molecular complexity index is 329. The number of hydrogen-bond acceptors (Lipinski definition) is 3. The minimum Gasteiger partial charge on any atom is -0.378 e. The number of primary sulfonamides is 1. The standard InChI is InChI=1S/C12H25NO3S/c1-9(8-17(13,14)15)7-16-12-5-4-10(2)11(3)6-12/h9-12H,4-8H2,1-3H3,(H2,13,14,15). The highest BCUT2D eigenvalue weighted by Gasteiger charge is 2.25. The lowest BCUT2D eigenvalue weighted by atomic mass is 9.80. The van der Waals surface area contributed by atoms with Crippen molar-refractivity contribution in [3.05, 3.63) is 0 Å². The number of hydrogen-bond donors (Lipinski definition) is 1. The Kier molecular flexibility index (Phi) is 5.41. The molecule has 1 aliphatic carbocycles. The van der Waals surface area contributed by atoms with E-state index < -0.39 is 10.0 Å². The third kappa shape index (κ3) is 5.84. The summed E-state index contributed by atoms with van der Waals surface area (Å²) in [6.07, 6.45) is 3.68. The fourth-order valence-electron chi connectivity index (χ4n) is 2.39. The zero-order chi connectivity index (χ0) is 13.1. The van der Waals surface area contributed by atoms with Gasteiger partial charge in [-0.15, -0.1) is 0 Å². The first-order valence-electron chi connectivity index (χ1n) is 6.40. The van der Waals surface area contributed by atoms with Crippen molar-refractivity contribution in [2.45, 2.75) is 46.1 Å². The van der Waals surface area contributed by atoms with Gasteiger partial charge in [-0.1, -0.05) is 20.8 Å². The Morgan fingerprint density at radius 1 is 1.29 bits per heavy atom. The van der Waals surface area contributed by atoms with Crippen LogP contribution in [-0.2, 0) is 14.8 Å². The molecule has 5 heteroatoms. The number of rotatable bonds is 5. The monoisotopic (exact) mass is 263 g/mol. The summed E-state index contributed by atoms with van der Waals surface area (Å²) >= 11 is 0. The highest BCUT2D eigenvalue weighted by atomic mass is 32.2. The molecule has 102 valence electrons. The van der Waals surface area contributed by atoms with E-state index in [2.05, 4.69) is 13.8 Å². The Balaban J connectivity index is 2.27. The topological polar surface area (TPSA) is 69.4 Å². The summed E-state index contributed by atoms with van der Waals surface area (Å²) < 4.78 is 27.6. The Morgan fingerprint density at radius 3 is 2.47 bits per heavy atom. The highest BCUT2D eigenvalue weighted by Crippen LogP contribution is 2.31. The van der Waals surface area contributed by atoms with E-state index in [-0.39, 0.29) is 11.7 Å². The van der Waals surface area contributed by atoms with Crippen molar-refractivity contribution < 1.29 is 13.2 Å². The van der Waals surface area contributed by atoms with Gasteiger partial charge in [0.25, 0.3) is 0 Å². The van der Waals surface area contributed by atoms with Crippen LogP contribution < -0.4 is 5.14 Å². The second-order valence-electron chi connectivity index (χ2n) is 5.66. The first kappa shape index (κ1) is 14.9. The van der Waals surface area contributed by atoms with Gasteiger partial charge in [0, 0.05) is 0 Å². The molecule has 4 atom stereocenters. The van der Waals surface area contributed by atoms with Crippen LogP contribution in [0, 0.1) is 17.8 Å². The van der Waals surface area contributed by atoms with Gasteiger partial charge in [0.2, 0.25) is 10.0 Å². The second kappa shape index (κ2) is 6.16. The van der Waals surface area contributed by atoms with Crippen molar-refractivity contribution in [2.24, 2.45) is 22.9 Å². The normalized spacial score (nSPS) is 32.4. The lowest BCUT2D eigenvalue weighted by Gasteiger charge is -2.32. The van der Waals surface area contributed by atoms with Crippen molar-refractivity contribution in [3.8, 4) is 0 Å². The first-order chi connectivity index (χ1) is 7.78. The lowest BCUT2D eigenvalue weighted by Crippen LogP contribution is -2.30. The molecule has 0 heterocycles. The van der Waals surface area contributed by atoms with Crippen LogP contribution >= 0.6 is 0 Å². The zero-order valence-electron chi connectivity index (χ0n) is 11.1. The minimum atomic E-state index is -3.38. The fourth-order valence-corrected chi connectivity index (χ4v) is 3.28. The molecular weight excluding hydrogens is 238 g/mol. The van der Waals surface area contributed by atoms with E-state index in [0.29, 0.717) is 18.6 Å². The minimum absolute atomic E-state index is 0.00563. The summed E-state index contributed by atoms with van der Waals surface area (Å²) in [4.78, 5) is 0. The maximum Gasteiger partial charge on any atom is 0.209 e. The molecule has 2 N–H and O–H groups in total. The molecule has 0 radical (unpaired) electrons. The van der Waals surface area contributed by atoms with Crippen LogP contribution in [0.25, 0.3) is 0 Å². The number of nitrogens with two attached hydrogens (primary N) is 1. The van der Waals surface area contributed by atoms with E-state index >= 15 is 0 Å². The van der Waals surface area contributed by atoms with Crippen LogP contribution in [0.5, 0.6) is 0 Å². The van der Waals surface area contributed by atoms with Crippen molar-refractivity contribution in [1.82, 2.24) is 0 Å². The lowest BCUT2D eigenvalue weighted by molar-refractivity contribution is -0.00888. The van der Waals surface area contributed by atoms with Crippen LogP contribution in [0.2, 0.25) is 0 Å². The van der Waals surface area contributed by atoms with Gasteiger partial charge in [0.05, 0.1) is 18.5 Å². The summed E-state index contributed by atoms with van der Waals surface area (Å²) in [5, 5.41) is 5.00. The van der Waals surface area contributed by atoms with Crippen LogP contribution in [0.4, 0.5) is 0 Å². The van der Waals surface area contributed by atoms with Crippen molar-refractivity contribution in [2.75, 3.05) is 12.4 Å². The third-order valence-corrected chi connectivity index (χ3v) is 4.72. The highest BCUT2D eigenvalue weighted by molar-refractivity contribution is 7.89. The SMILES string of the molecule is CC(COC1CCC(C)C(C)C1)CS(N)(=O)=O. The zero-order valence-corrected chi connectivity index (χ0v) is 11.9. The van der Waals surface area contributed by atoms with Crippen LogP contribution in [0.3, 0.4) is 0 Å². The molecule has 1 rings (SSSR count). The quantitative estimate of drug-likeness (QED) is 0.821. The molecule has 4 nitrogen and oxygen atoms in total. The van der Waals surface area contributed by atoms with Crippen LogP contribution in [0.15, 0.2) is 0 Å². The molecule has 17 heavy (non-hydrogen) atoms. The predicted octanol–water partition coefficient (Wildman–Crippen LogP) is 1.75. The largest absolute Gasteiger partial charge is 0.378 e. The van der Waals surface area contributed by atoms with E-state index in [9.17, 15) is 8.42 Å². The summed E-state index contributed by atoms with van der Waals surface area (Å²) in [7, 11) is -3.38. The summed E-state index contributed by atoms with van der Waals surface area (Å²) in [5.74, 6) is 1.45. The first-order valence-corrected chi connectivity index (χ1v) is 8.11. The van der Waals surface area contributed by atoms with E-state index in [1.165, 1.54) is 6.42 Å². The van der Waals surface area contributed by atoms with Gasteiger partial charge >= 0.3 is 0 Å². The summed E-state index contributed by atoms with van der Waals surface area (Å²) in [6.45, 7) is 6.89. The predicted molar refractivity (Wildman–Crippen MR) is 69.1 cm³/mol. The second-order valence-corrected chi connectivity index (χ2v) is 7.32. The van der Waals surface area contributed by atoms with E-state index in [0.717, 1.165) is 18.8 Å². The molecule has 0 spiro atoms. The molecule has 0 aliphatic heterocycles. The summed E-state index contributed by atoms with van der Waals surface area (Å²) in [6, 6.07) is 0. The van der Waals surface area contributed by atoms with Crippen LogP contribution in [-0.4, -0.2) is 26.9 Å². The Hall–Kier alpha value is -0.130. The van der Waals surface area contributed by atoms with Gasteiger partial charge in [0.1, 0.15) is 0 Å². The van der Waals surface area contributed by atoms with Crippen LogP contribution in [0.1, 0.15) is 40.0 Å². The molecule has 1 aliphatic rings. The van der Waals surface area contributed by atoms with E-state index in [4.69, 9.17) is 9.88 Å². The van der Waals surface area contributed by atoms with Gasteiger partial charge in [0.15, 0.2) is 0 Å². The van der Waals surface area contributed by atoms with Crippen molar-refractivity contribution in [3.63, 3.8) is 0 Å². The maximum absolute atomic E-state index is 10.9. The molecule has 0 aromatic carbocycles. The number of ether oxygens (including phenoxy) is 1. The number of sulfonamides is 1. The van der Waals surface area contributed by atoms with E-state index in [1.54, 1.807) is 0 Å². The van der Waals surface area contributed by atoms with Gasteiger partial charge in [-0.05, 0) is 37.0 Å². The van der Waals surface area contributed by atoms with Crippen molar-refractivity contribution >= 4 is 10.0 Å². The molecule has 0 amide bonds. The molecule has 0 aromatic rings. The maximum atomic E-state index is 10.9. The van der Waals surface area contributed by atoms with Crippen molar-refractivity contribution in [1.29, 1.82) is 0 Å². The molecule has 0 aromatic heterocycles. The average Bonchev–Trinajstić information content (AvgIpc) is 2.17. The Morgan fingerprint density at radius 2 is 1.94 bits per heavy atom. The molecule has 4 unspecified atom stereocenters. The summed E-state index contributed by atoms with van der Waals surface area (Å²) in [5.41, 5.74) is 0. The van der Waals surface area contributed by atoms with Gasteiger partial charge in [-0.2, -0.15) is 0 Å². The van der Waals surface area contributed by atoms with Gasteiger partial charge < -0.3 is 4.74 Å². The molecular formula is C12H25NO3S. The van der Waals surface area contributed by atoms with E-state index in [1.807, 2.05) is 6.92 Å². The average molecular weight is 263 g/mol. The van der Waals surface area contributed by atoms with Gasteiger partial charge in [-0.25, -0.2) is 13.6 Å². The fraction of sp³-hybridized carbons (Fsp3) is 1.00. The Labute approximate surface area is 105 Å². The molecule has 0 bridgehead atoms. The molecule has 1 saturated carbocycles. The van der Waals surface area contributed by atoms with Gasteiger partial charge in [-0.3, -0.25) is 0 Å². The molecule has 0 saturated heterocycles. The smallest absolute Gasteiger partial charge is 0.209 e. The third-order valence-electron chi connectivity index (χ3n) is 3.68.